The van der Waals surface area contributed by atoms with Gasteiger partial charge >= 0.3 is 0 Å². The highest BCUT2D eigenvalue weighted by molar-refractivity contribution is 5.18. The third-order valence-corrected chi connectivity index (χ3v) is 4.00. The molecule has 1 aliphatic rings. The first-order chi connectivity index (χ1) is 8.18. The van der Waals surface area contributed by atoms with Gasteiger partial charge in [0, 0.05) is 30.4 Å². The van der Waals surface area contributed by atoms with Crippen molar-refractivity contribution in [3.05, 3.63) is 18.0 Å². The summed E-state index contributed by atoms with van der Waals surface area (Å²) in [6.07, 6.45) is 8.37. The first-order valence-electron chi connectivity index (χ1n) is 6.90. The summed E-state index contributed by atoms with van der Waals surface area (Å²) in [4.78, 5) is 0. The minimum absolute atomic E-state index is 0.198. The van der Waals surface area contributed by atoms with E-state index in [2.05, 4.69) is 29.7 Å². The summed E-state index contributed by atoms with van der Waals surface area (Å²) in [6.45, 7) is 6.24. The van der Waals surface area contributed by atoms with Gasteiger partial charge in [-0.1, -0.05) is 33.1 Å². The molecule has 0 amide bonds. The molecular weight excluding hydrogens is 210 g/mol. The largest absolute Gasteiger partial charge is 0.330 e. The lowest BCUT2D eigenvalue weighted by Gasteiger charge is -2.36. The van der Waals surface area contributed by atoms with Crippen LogP contribution in [0.2, 0.25) is 0 Å². The van der Waals surface area contributed by atoms with E-state index in [9.17, 15) is 0 Å². The van der Waals surface area contributed by atoms with Crippen molar-refractivity contribution in [2.24, 2.45) is 11.7 Å². The van der Waals surface area contributed by atoms with E-state index in [0.29, 0.717) is 5.92 Å². The number of hydrogen-bond donors (Lipinski definition) is 1. The molecule has 1 fully saturated rings. The number of hydrogen-bond acceptors (Lipinski definition) is 2. The highest BCUT2D eigenvalue weighted by Crippen LogP contribution is 2.38. The van der Waals surface area contributed by atoms with Gasteiger partial charge in [0.2, 0.25) is 0 Å². The molecule has 0 radical (unpaired) electrons. The first kappa shape index (κ1) is 12.6. The van der Waals surface area contributed by atoms with Crippen LogP contribution in [-0.2, 0) is 12.0 Å². The van der Waals surface area contributed by atoms with Crippen molar-refractivity contribution in [3.8, 4) is 0 Å². The minimum Gasteiger partial charge on any atom is -0.330 e. The Hall–Kier alpha value is -0.830. The number of nitrogens with zero attached hydrogens (tertiary/aromatic N) is 2. The molecule has 0 unspecified atom stereocenters. The molecular formula is C14H25N3. The normalized spacial score (nSPS) is 19.8. The Morgan fingerprint density at radius 2 is 2.06 bits per heavy atom. The molecule has 1 heterocycles. The Morgan fingerprint density at radius 1 is 1.35 bits per heavy atom. The number of nitrogens with two attached hydrogens (primary N) is 1. The van der Waals surface area contributed by atoms with Gasteiger partial charge in [-0.25, -0.2) is 0 Å². The Kier molecular flexibility index (Phi) is 3.87. The van der Waals surface area contributed by atoms with E-state index in [1.54, 1.807) is 0 Å². The van der Waals surface area contributed by atoms with Gasteiger partial charge in [0.25, 0.3) is 0 Å². The molecule has 0 aromatic carbocycles. The summed E-state index contributed by atoms with van der Waals surface area (Å²) in [5.74, 6) is 0.632. The van der Waals surface area contributed by atoms with Crippen molar-refractivity contribution < 1.29 is 0 Å². The van der Waals surface area contributed by atoms with E-state index in [0.717, 1.165) is 13.1 Å². The van der Waals surface area contributed by atoms with Crippen molar-refractivity contribution in [3.63, 3.8) is 0 Å². The first-order valence-corrected chi connectivity index (χ1v) is 6.90. The summed E-state index contributed by atoms with van der Waals surface area (Å²) in [5.41, 5.74) is 7.65. The lowest BCUT2D eigenvalue weighted by Crippen LogP contribution is -2.39. The minimum atomic E-state index is 0.198. The van der Waals surface area contributed by atoms with Gasteiger partial charge < -0.3 is 5.73 Å². The molecule has 1 aromatic rings. The fraction of sp³-hybridized carbons (Fsp3) is 0.786. The van der Waals surface area contributed by atoms with Gasteiger partial charge in [0.05, 0.1) is 0 Å². The summed E-state index contributed by atoms with van der Waals surface area (Å²) in [6, 6.07) is 2.18. The molecule has 1 saturated carbocycles. The molecule has 3 nitrogen and oxygen atoms in total. The van der Waals surface area contributed by atoms with Crippen molar-refractivity contribution in [1.29, 1.82) is 0 Å². The maximum absolute atomic E-state index is 6.09. The Labute approximate surface area is 104 Å². The predicted molar refractivity (Wildman–Crippen MR) is 70.9 cm³/mol. The fourth-order valence-corrected chi connectivity index (χ4v) is 3.07. The zero-order valence-corrected chi connectivity index (χ0v) is 11.2. The lowest BCUT2D eigenvalue weighted by molar-refractivity contribution is 0.275. The second kappa shape index (κ2) is 5.21. The van der Waals surface area contributed by atoms with E-state index in [4.69, 9.17) is 5.73 Å². The third-order valence-electron chi connectivity index (χ3n) is 4.00. The SMILES string of the molecule is CC(C)Cn1nccc1C1(CN)CCCCC1. The van der Waals surface area contributed by atoms with Crippen molar-refractivity contribution in [2.75, 3.05) is 6.54 Å². The maximum Gasteiger partial charge on any atom is 0.0492 e. The van der Waals surface area contributed by atoms with Crippen LogP contribution in [-0.4, -0.2) is 16.3 Å². The van der Waals surface area contributed by atoms with Gasteiger partial charge in [-0.3, -0.25) is 4.68 Å². The second-order valence-corrected chi connectivity index (χ2v) is 5.84. The van der Waals surface area contributed by atoms with Crippen LogP contribution in [0, 0.1) is 5.92 Å². The molecule has 1 aromatic heterocycles. The Morgan fingerprint density at radius 3 is 2.65 bits per heavy atom. The van der Waals surface area contributed by atoms with Crippen LogP contribution in [0.5, 0.6) is 0 Å². The van der Waals surface area contributed by atoms with Crippen LogP contribution in [0.1, 0.15) is 51.6 Å². The number of rotatable bonds is 4. The van der Waals surface area contributed by atoms with E-state index >= 15 is 0 Å². The average Bonchev–Trinajstić information content (AvgIpc) is 2.78. The summed E-state index contributed by atoms with van der Waals surface area (Å²) >= 11 is 0. The molecule has 17 heavy (non-hydrogen) atoms. The highest BCUT2D eigenvalue weighted by atomic mass is 15.3. The summed E-state index contributed by atoms with van der Waals surface area (Å²) in [5, 5.41) is 4.49. The molecule has 2 N–H and O–H groups in total. The monoisotopic (exact) mass is 235 g/mol. The van der Waals surface area contributed by atoms with E-state index < -0.39 is 0 Å². The fourth-order valence-electron chi connectivity index (χ4n) is 3.07. The zero-order chi connectivity index (χ0) is 12.3. The topological polar surface area (TPSA) is 43.8 Å². The predicted octanol–water partition coefficient (Wildman–Crippen LogP) is 2.70. The Balaban J connectivity index is 2.26. The van der Waals surface area contributed by atoms with Crippen molar-refractivity contribution in [1.82, 2.24) is 9.78 Å². The van der Waals surface area contributed by atoms with Gasteiger partial charge in [-0.2, -0.15) is 5.10 Å². The van der Waals surface area contributed by atoms with Crippen molar-refractivity contribution >= 4 is 0 Å². The van der Waals surface area contributed by atoms with Crippen LogP contribution in [0.25, 0.3) is 0 Å². The molecule has 3 heteroatoms. The molecule has 0 aliphatic heterocycles. The molecule has 0 atom stereocenters. The van der Waals surface area contributed by atoms with Crippen LogP contribution in [0.3, 0.4) is 0 Å². The molecule has 0 saturated heterocycles. The standard InChI is InChI=1S/C14H25N3/c1-12(2)10-17-13(6-9-16-17)14(11-15)7-4-3-5-8-14/h6,9,12H,3-5,7-8,10-11,15H2,1-2H3. The maximum atomic E-state index is 6.09. The van der Waals surface area contributed by atoms with Gasteiger partial charge in [-0.15, -0.1) is 0 Å². The third kappa shape index (κ3) is 2.54. The summed E-state index contributed by atoms with van der Waals surface area (Å²) < 4.78 is 2.18. The quantitative estimate of drug-likeness (QED) is 0.872. The lowest BCUT2D eigenvalue weighted by atomic mass is 9.71. The Bertz CT molecular complexity index is 348. The van der Waals surface area contributed by atoms with Gasteiger partial charge in [-0.05, 0) is 24.8 Å². The van der Waals surface area contributed by atoms with E-state index in [1.807, 2.05) is 6.20 Å². The highest BCUT2D eigenvalue weighted by Gasteiger charge is 2.35. The van der Waals surface area contributed by atoms with Crippen molar-refractivity contribution in [2.45, 2.75) is 57.9 Å². The number of aromatic nitrogens is 2. The second-order valence-electron chi connectivity index (χ2n) is 5.84. The van der Waals surface area contributed by atoms with Gasteiger partial charge in [0.15, 0.2) is 0 Å². The molecule has 0 spiro atoms. The van der Waals surface area contributed by atoms with Crippen LogP contribution >= 0.6 is 0 Å². The summed E-state index contributed by atoms with van der Waals surface area (Å²) in [7, 11) is 0. The average molecular weight is 235 g/mol. The smallest absolute Gasteiger partial charge is 0.0492 e. The molecule has 1 aliphatic carbocycles. The molecule has 0 bridgehead atoms. The van der Waals surface area contributed by atoms with E-state index in [-0.39, 0.29) is 5.41 Å². The van der Waals surface area contributed by atoms with Crippen LogP contribution in [0.4, 0.5) is 0 Å². The zero-order valence-electron chi connectivity index (χ0n) is 11.2. The van der Waals surface area contributed by atoms with Crippen LogP contribution < -0.4 is 5.73 Å². The van der Waals surface area contributed by atoms with Crippen LogP contribution in [0.15, 0.2) is 12.3 Å². The van der Waals surface area contributed by atoms with Gasteiger partial charge in [0.1, 0.15) is 0 Å². The molecule has 96 valence electrons. The van der Waals surface area contributed by atoms with E-state index in [1.165, 1.54) is 37.8 Å². The molecule has 2 rings (SSSR count).